The second-order valence-electron chi connectivity index (χ2n) is 6.32. The van der Waals surface area contributed by atoms with E-state index in [1.54, 1.807) is 5.57 Å². The Labute approximate surface area is 129 Å². The molecule has 2 fully saturated rings. The van der Waals surface area contributed by atoms with Gasteiger partial charge in [-0.1, -0.05) is 18.6 Å². The van der Waals surface area contributed by atoms with Gasteiger partial charge >= 0.3 is 0 Å². The zero-order valence-corrected chi connectivity index (χ0v) is 14.1. The molecule has 0 amide bonds. The summed E-state index contributed by atoms with van der Waals surface area (Å²) >= 11 is 2.09. The van der Waals surface area contributed by atoms with E-state index in [1.165, 1.54) is 50.0 Å². The number of allylic oxidation sites excluding steroid dienone is 1. The molecule has 0 aromatic rings. The van der Waals surface area contributed by atoms with Gasteiger partial charge in [-0.05, 0) is 76.0 Å². The predicted molar refractivity (Wildman–Crippen MR) is 89.5 cm³/mol. The number of hydrogen-bond donors (Lipinski definition) is 1. The fourth-order valence-corrected chi connectivity index (χ4v) is 4.62. The highest BCUT2D eigenvalue weighted by Crippen LogP contribution is 2.41. The maximum atomic E-state index is 6.19. The maximum Gasteiger partial charge on any atom is 0.0704 e. The molecule has 1 spiro atoms. The SMILES string of the molecule is CCCNCC/C=C(/C)C1CCOC2(CCSCC2)C1. The van der Waals surface area contributed by atoms with Gasteiger partial charge in [-0.3, -0.25) is 0 Å². The van der Waals surface area contributed by atoms with Crippen LogP contribution in [0, 0.1) is 5.92 Å². The van der Waals surface area contributed by atoms with Gasteiger partial charge in [0.25, 0.3) is 0 Å². The molecule has 0 aromatic heterocycles. The molecule has 2 aliphatic heterocycles. The van der Waals surface area contributed by atoms with Crippen LogP contribution in [0.15, 0.2) is 11.6 Å². The van der Waals surface area contributed by atoms with Crippen molar-refractivity contribution in [1.82, 2.24) is 5.32 Å². The predicted octanol–water partition coefficient (Wildman–Crippen LogP) is 4.01. The van der Waals surface area contributed by atoms with E-state index in [0.717, 1.165) is 25.6 Å². The third-order valence-electron chi connectivity index (χ3n) is 4.76. The largest absolute Gasteiger partial charge is 0.375 e. The van der Waals surface area contributed by atoms with Crippen LogP contribution in [0.5, 0.6) is 0 Å². The molecule has 0 aliphatic carbocycles. The van der Waals surface area contributed by atoms with Crippen LogP contribution in [0.25, 0.3) is 0 Å². The summed E-state index contributed by atoms with van der Waals surface area (Å²) in [5.74, 6) is 3.34. The Balaban J connectivity index is 1.80. The highest BCUT2D eigenvalue weighted by molar-refractivity contribution is 7.99. The van der Waals surface area contributed by atoms with Crippen molar-refractivity contribution >= 4 is 11.8 Å². The third-order valence-corrected chi connectivity index (χ3v) is 5.74. The molecule has 20 heavy (non-hydrogen) atoms. The van der Waals surface area contributed by atoms with Crippen LogP contribution < -0.4 is 5.32 Å². The summed E-state index contributed by atoms with van der Waals surface area (Å²) in [7, 11) is 0. The molecular formula is C17H31NOS. The molecule has 116 valence electrons. The summed E-state index contributed by atoms with van der Waals surface area (Å²) in [5.41, 5.74) is 1.83. The number of nitrogens with one attached hydrogen (secondary N) is 1. The minimum Gasteiger partial charge on any atom is -0.375 e. The van der Waals surface area contributed by atoms with Crippen molar-refractivity contribution in [1.29, 1.82) is 0 Å². The molecule has 1 N–H and O–H groups in total. The number of rotatable bonds is 6. The van der Waals surface area contributed by atoms with Crippen LogP contribution >= 0.6 is 11.8 Å². The Morgan fingerprint density at radius 3 is 2.90 bits per heavy atom. The van der Waals surface area contributed by atoms with Crippen LogP contribution in [0.3, 0.4) is 0 Å². The van der Waals surface area contributed by atoms with Crippen LogP contribution in [-0.2, 0) is 4.74 Å². The van der Waals surface area contributed by atoms with Gasteiger partial charge in [-0.2, -0.15) is 11.8 Å². The highest BCUT2D eigenvalue weighted by Gasteiger charge is 2.38. The van der Waals surface area contributed by atoms with Gasteiger partial charge in [0, 0.05) is 6.61 Å². The lowest BCUT2D eigenvalue weighted by Crippen LogP contribution is -2.43. The Morgan fingerprint density at radius 1 is 1.35 bits per heavy atom. The molecule has 0 aromatic carbocycles. The Morgan fingerprint density at radius 2 is 2.15 bits per heavy atom. The van der Waals surface area contributed by atoms with E-state index in [0.29, 0.717) is 0 Å². The molecule has 2 heterocycles. The zero-order chi connectivity index (χ0) is 14.3. The van der Waals surface area contributed by atoms with E-state index in [9.17, 15) is 0 Å². The third kappa shape index (κ3) is 4.78. The molecule has 2 saturated heterocycles. The number of hydrogen-bond acceptors (Lipinski definition) is 3. The van der Waals surface area contributed by atoms with Crippen molar-refractivity contribution in [3.8, 4) is 0 Å². The molecule has 2 aliphatic rings. The quantitative estimate of drug-likeness (QED) is 0.591. The first-order valence-electron chi connectivity index (χ1n) is 8.35. The Hall–Kier alpha value is 0.01000. The summed E-state index contributed by atoms with van der Waals surface area (Å²) in [6.07, 6.45) is 9.87. The molecular weight excluding hydrogens is 266 g/mol. The van der Waals surface area contributed by atoms with Crippen molar-refractivity contribution < 1.29 is 4.74 Å². The van der Waals surface area contributed by atoms with Gasteiger partial charge in [-0.25, -0.2) is 0 Å². The molecule has 1 atom stereocenters. The van der Waals surface area contributed by atoms with Crippen LogP contribution in [0.1, 0.15) is 52.4 Å². The van der Waals surface area contributed by atoms with Crippen LogP contribution in [-0.4, -0.2) is 36.8 Å². The second-order valence-corrected chi connectivity index (χ2v) is 7.55. The van der Waals surface area contributed by atoms with Crippen molar-refractivity contribution in [2.75, 3.05) is 31.2 Å². The smallest absolute Gasteiger partial charge is 0.0704 e. The minimum absolute atomic E-state index is 0.226. The van der Waals surface area contributed by atoms with E-state index in [4.69, 9.17) is 4.74 Å². The van der Waals surface area contributed by atoms with E-state index >= 15 is 0 Å². The summed E-state index contributed by atoms with van der Waals surface area (Å²) in [6, 6.07) is 0. The average Bonchev–Trinajstić information content (AvgIpc) is 2.48. The molecule has 1 unspecified atom stereocenters. The summed E-state index contributed by atoms with van der Waals surface area (Å²) in [6.45, 7) is 7.79. The topological polar surface area (TPSA) is 21.3 Å². The Kier molecular flexibility index (Phi) is 6.92. The lowest BCUT2D eigenvalue weighted by molar-refractivity contribution is -0.0965. The van der Waals surface area contributed by atoms with Crippen molar-refractivity contribution in [2.45, 2.75) is 58.0 Å². The van der Waals surface area contributed by atoms with Crippen LogP contribution in [0.2, 0.25) is 0 Å². The fourth-order valence-electron chi connectivity index (χ4n) is 3.38. The fraction of sp³-hybridized carbons (Fsp3) is 0.882. The van der Waals surface area contributed by atoms with Crippen LogP contribution in [0.4, 0.5) is 0 Å². The zero-order valence-electron chi connectivity index (χ0n) is 13.2. The average molecular weight is 298 g/mol. The van der Waals surface area contributed by atoms with Gasteiger partial charge in [0.2, 0.25) is 0 Å². The molecule has 0 radical (unpaired) electrons. The first-order valence-corrected chi connectivity index (χ1v) is 9.50. The molecule has 2 nitrogen and oxygen atoms in total. The van der Waals surface area contributed by atoms with Gasteiger partial charge in [0.05, 0.1) is 5.60 Å². The number of thioether (sulfide) groups is 1. The molecule has 0 saturated carbocycles. The van der Waals surface area contributed by atoms with Gasteiger partial charge in [0.1, 0.15) is 0 Å². The van der Waals surface area contributed by atoms with Crippen molar-refractivity contribution in [3.63, 3.8) is 0 Å². The molecule has 0 bridgehead atoms. The lowest BCUT2D eigenvalue weighted by Gasteiger charge is -2.43. The lowest BCUT2D eigenvalue weighted by atomic mass is 9.79. The standard InChI is InChI=1S/C17H31NOS/c1-3-9-18-10-4-5-15(2)16-6-11-19-17(14-16)7-12-20-13-8-17/h5,16,18H,3-4,6-14H2,1-2H3/b15-5-. The van der Waals surface area contributed by atoms with Gasteiger partial charge in [-0.15, -0.1) is 0 Å². The van der Waals surface area contributed by atoms with Crippen molar-refractivity contribution in [3.05, 3.63) is 11.6 Å². The molecule has 3 heteroatoms. The first-order chi connectivity index (χ1) is 9.76. The second kappa shape index (κ2) is 8.45. The molecule has 2 rings (SSSR count). The summed E-state index contributed by atoms with van der Waals surface area (Å²) < 4.78 is 6.19. The van der Waals surface area contributed by atoms with Crippen molar-refractivity contribution in [2.24, 2.45) is 5.92 Å². The van der Waals surface area contributed by atoms with E-state index in [-0.39, 0.29) is 5.60 Å². The normalized spacial score (nSPS) is 26.9. The van der Waals surface area contributed by atoms with E-state index < -0.39 is 0 Å². The van der Waals surface area contributed by atoms with Gasteiger partial charge < -0.3 is 10.1 Å². The minimum atomic E-state index is 0.226. The van der Waals surface area contributed by atoms with E-state index in [1.807, 2.05) is 0 Å². The summed E-state index contributed by atoms with van der Waals surface area (Å²) in [5, 5.41) is 3.48. The first kappa shape index (κ1) is 16.4. The van der Waals surface area contributed by atoms with Gasteiger partial charge in [0.15, 0.2) is 0 Å². The van der Waals surface area contributed by atoms with E-state index in [2.05, 4.69) is 37.0 Å². The highest BCUT2D eigenvalue weighted by atomic mass is 32.2. The summed E-state index contributed by atoms with van der Waals surface area (Å²) in [4.78, 5) is 0. The Bertz CT molecular complexity index is 305. The maximum absolute atomic E-state index is 6.19. The monoisotopic (exact) mass is 297 g/mol. The number of ether oxygens (including phenoxy) is 1.